The van der Waals surface area contributed by atoms with Crippen molar-refractivity contribution in [2.45, 2.75) is 6.92 Å². The third-order valence-electron chi connectivity index (χ3n) is 8.84. The predicted molar refractivity (Wildman–Crippen MR) is 211 cm³/mol. The van der Waals surface area contributed by atoms with Gasteiger partial charge in [-0.05, 0) is 87.8 Å². The second-order valence-corrected chi connectivity index (χ2v) is 12.4. The van der Waals surface area contributed by atoms with Crippen LogP contribution in [0, 0.1) is 0 Å². The summed E-state index contributed by atoms with van der Waals surface area (Å²) in [5, 5.41) is 0. The lowest BCUT2D eigenvalue weighted by atomic mass is 9.96. The maximum Gasteiger partial charge on any atom is 0.178 e. The number of hydrogen-bond donors (Lipinski definition) is 0. The van der Waals surface area contributed by atoms with Gasteiger partial charge in [-0.3, -0.25) is 0 Å². The highest BCUT2D eigenvalue weighted by molar-refractivity contribution is 5.98. The Morgan fingerprint density at radius 1 is 0.333 bits per heavy atom. The molecule has 0 N–H and O–H groups in total. The minimum Gasteiger partial charge on any atom is -0.250 e. The summed E-state index contributed by atoms with van der Waals surface area (Å²) in [5.74, 6) is 1.70. The number of hydrogen-bond acceptors (Lipinski definition) is 4. The van der Waals surface area contributed by atoms with Crippen LogP contribution in [-0.4, -0.2) is 20.7 Å². The maximum absolute atomic E-state index is 5.14. The van der Waals surface area contributed by atoms with Gasteiger partial charge in [-0.25, -0.2) is 19.9 Å². The molecule has 0 radical (unpaired) electrons. The van der Waals surface area contributed by atoms with Gasteiger partial charge in [-0.15, -0.1) is 0 Å². The molecule has 7 aromatic carbocycles. The molecule has 4 nitrogen and oxygen atoms in total. The van der Waals surface area contributed by atoms with Crippen molar-refractivity contribution in [2.75, 3.05) is 0 Å². The smallest absolute Gasteiger partial charge is 0.178 e. The van der Waals surface area contributed by atoms with Gasteiger partial charge >= 0.3 is 0 Å². The summed E-state index contributed by atoms with van der Waals surface area (Å²) in [7, 11) is 0. The van der Waals surface area contributed by atoms with Crippen LogP contribution in [0.4, 0.5) is 5.69 Å². The number of aromatic nitrogens is 3. The summed E-state index contributed by atoms with van der Waals surface area (Å²) in [6.45, 7) is 1.97. The SMILES string of the molecule is C/C(=N\c1cccc(-c2ccccc2)c1)c1nc(-c2cccc(-c3ccccc3)c2)nc(-c2cc(-c3ccccc3)cc(-c3ccccc3)c2)n1. The van der Waals surface area contributed by atoms with E-state index in [4.69, 9.17) is 19.9 Å². The van der Waals surface area contributed by atoms with Gasteiger partial charge in [0, 0.05) is 11.1 Å². The molecule has 0 atom stereocenters. The number of nitrogens with zero attached hydrogens (tertiary/aromatic N) is 4. The Morgan fingerprint density at radius 3 is 1.24 bits per heavy atom. The Balaban J connectivity index is 1.29. The zero-order valence-electron chi connectivity index (χ0n) is 28.2. The summed E-state index contributed by atoms with van der Waals surface area (Å²) in [4.78, 5) is 20.3. The predicted octanol–water partition coefficient (Wildman–Crippen LogP) is 12.0. The van der Waals surface area contributed by atoms with Gasteiger partial charge in [0.15, 0.2) is 17.5 Å². The van der Waals surface area contributed by atoms with E-state index in [2.05, 4.69) is 140 Å². The minimum absolute atomic E-state index is 0.525. The molecule has 0 saturated carbocycles. The summed E-state index contributed by atoms with van der Waals surface area (Å²) >= 11 is 0. The van der Waals surface area contributed by atoms with Crippen LogP contribution in [0.5, 0.6) is 0 Å². The van der Waals surface area contributed by atoms with E-state index in [1.165, 1.54) is 0 Å². The van der Waals surface area contributed by atoms with Crippen molar-refractivity contribution in [3.63, 3.8) is 0 Å². The van der Waals surface area contributed by atoms with Crippen LogP contribution >= 0.6 is 0 Å². The van der Waals surface area contributed by atoms with Crippen molar-refractivity contribution < 1.29 is 0 Å². The Morgan fingerprint density at radius 2 is 0.706 bits per heavy atom. The second-order valence-electron chi connectivity index (χ2n) is 12.4. The molecule has 0 amide bonds. The maximum atomic E-state index is 5.14. The molecule has 0 spiro atoms. The fourth-order valence-electron chi connectivity index (χ4n) is 6.24. The third-order valence-corrected chi connectivity index (χ3v) is 8.84. The van der Waals surface area contributed by atoms with Crippen LogP contribution in [0.2, 0.25) is 0 Å². The Kier molecular flexibility index (Phi) is 8.87. The van der Waals surface area contributed by atoms with Crippen LogP contribution in [-0.2, 0) is 0 Å². The first-order chi connectivity index (χ1) is 25.2. The summed E-state index contributed by atoms with van der Waals surface area (Å²) in [6.07, 6.45) is 0. The summed E-state index contributed by atoms with van der Waals surface area (Å²) < 4.78 is 0. The van der Waals surface area contributed by atoms with Gasteiger partial charge in [0.1, 0.15) is 0 Å². The van der Waals surface area contributed by atoms with Crippen LogP contribution in [0.3, 0.4) is 0 Å². The molecular formula is C47H34N4. The van der Waals surface area contributed by atoms with E-state index in [1.54, 1.807) is 0 Å². The lowest BCUT2D eigenvalue weighted by molar-refractivity contribution is 1.04. The average molecular weight is 655 g/mol. The van der Waals surface area contributed by atoms with E-state index >= 15 is 0 Å². The number of benzene rings is 7. The third kappa shape index (κ3) is 7.17. The van der Waals surface area contributed by atoms with Crippen LogP contribution in [0.15, 0.2) is 193 Å². The first-order valence-corrected chi connectivity index (χ1v) is 17.1. The van der Waals surface area contributed by atoms with E-state index in [9.17, 15) is 0 Å². The van der Waals surface area contributed by atoms with Gasteiger partial charge in [-0.2, -0.15) is 0 Å². The van der Waals surface area contributed by atoms with Gasteiger partial charge in [0.2, 0.25) is 0 Å². The fraction of sp³-hybridized carbons (Fsp3) is 0.0213. The van der Waals surface area contributed by atoms with Crippen molar-refractivity contribution in [3.8, 4) is 67.3 Å². The zero-order valence-corrected chi connectivity index (χ0v) is 28.2. The Hall–Kier alpha value is -6.78. The number of aliphatic imine (C=N–C) groups is 1. The van der Waals surface area contributed by atoms with Crippen LogP contribution < -0.4 is 0 Å². The molecule has 0 fully saturated rings. The number of rotatable bonds is 8. The van der Waals surface area contributed by atoms with Crippen molar-refractivity contribution >= 4 is 11.4 Å². The molecule has 0 aliphatic carbocycles. The fourth-order valence-corrected chi connectivity index (χ4v) is 6.24. The largest absolute Gasteiger partial charge is 0.250 e. The molecule has 8 rings (SSSR count). The van der Waals surface area contributed by atoms with Gasteiger partial charge in [0.25, 0.3) is 0 Å². The summed E-state index contributed by atoms with van der Waals surface area (Å²) in [5.41, 5.74) is 12.2. The van der Waals surface area contributed by atoms with E-state index in [-0.39, 0.29) is 0 Å². The van der Waals surface area contributed by atoms with E-state index in [1.807, 2.05) is 55.5 Å². The molecule has 1 heterocycles. The minimum atomic E-state index is 0.525. The molecule has 4 heteroatoms. The second kappa shape index (κ2) is 14.4. The van der Waals surface area contributed by atoms with E-state index in [0.29, 0.717) is 23.2 Å². The molecule has 0 aliphatic rings. The highest BCUT2D eigenvalue weighted by Gasteiger charge is 2.16. The van der Waals surface area contributed by atoms with E-state index < -0.39 is 0 Å². The first-order valence-electron chi connectivity index (χ1n) is 17.1. The van der Waals surface area contributed by atoms with Crippen molar-refractivity contribution in [2.24, 2.45) is 4.99 Å². The highest BCUT2D eigenvalue weighted by atomic mass is 15.0. The molecular weight excluding hydrogens is 621 g/mol. The molecule has 0 aliphatic heterocycles. The zero-order chi connectivity index (χ0) is 34.4. The molecule has 0 bridgehead atoms. The van der Waals surface area contributed by atoms with Crippen LogP contribution in [0.25, 0.3) is 67.3 Å². The van der Waals surface area contributed by atoms with E-state index in [0.717, 1.165) is 61.3 Å². The normalized spacial score (nSPS) is 11.4. The molecule has 0 unspecified atom stereocenters. The monoisotopic (exact) mass is 654 g/mol. The molecule has 8 aromatic rings. The quantitative estimate of drug-likeness (QED) is 0.153. The van der Waals surface area contributed by atoms with Crippen LogP contribution in [0.1, 0.15) is 12.7 Å². The lowest BCUT2D eigenvalue weighted by Gasteiger charge is -2.13. The lowest BCUT2D eigenvalue weighted by Crippen LogP contribution is -2.08. The molecule has 1 aromatic heterocycles. The Bertz CT molecular complexity index is 2400. The van der Waals surface area contributed by atoms with Crippen molar-refractivity contribution in [1.29, 1.82) is 0 Å². The van der Waals surface area contributed by atoms with Crippen molar-refractivity contribution in [1.82, 2.24) is 15.0 Å². The van der Waals surface area contributed by atoms with Crippen molar-refractivity contribution in [3.05, 3.63) is 194 Å². The standard InChI is InChI=1S/C47H34N4/c1-33(48-44-27-15-25-39(32-44)35-18-8-3-9-19-35)45-49-46(40-26-14-24-38(28-40)34-16-6-2-7-17-34)51-47(50-45)43-30-41(36-20-10-4-11-21-36)29-42(31-43)37-22-12-5-13-23-37/h2-32H,1H3/b48-33+. The van der Waals surface area contributed by atoms with Gasteiger partial charge in [0.05, 0.1) is 11.4 Å². The molecule has 0 saturated heterocycles. The first kappa shape index (κ1) is 31.5. The van der Waals surface area contributed by atoms with Gasteiger partial charge < -0.3 is 0 Å². The summed E-state index contributed by atoms with van der Waals surface area (Å²) in [6, 6.07) is 64.8. The molecule has 51 heavy (non-hydrogen) atoms. The topological polar surface area (TPSA) is 51.0 Å². The van der Waals surface area contributed by atoms with Gasteiger partial charge in [-0.1, -0.05) is 152 Å². The Labute approximate surface area is 298 Å². The molecule has 242 valence electrons. The highest BCUT2D eigenvalue weighted by Crippen LogP contribution is 2.33. The average Bonchev–Trinajstić information content (AvgIpc) is 3.22.